The number of pyridine rings is 1. The number of nitrogens with zero attached hydrogens (tertiary/aromatic N) is 1. The number of esters is 1. The molecule has 0 saturated carbocycles. The Morgan fingerprint density at radius 3 is 2.11 bits per heavy atom. The summed E-state index contributed by atoms with van der Waals surface area (Å²) in [6, 6.07) is 17.4. The van der Waals surface area contributed by atoms with Crippen molar-refractivity contribution in [2.24, 2.45) is 5.41 Å². The number of hydrogen-bond donors (Lipinski definition) is 0. The molecule has 2 aromatic carbocycles. The van der Waals surface area contributed by atoms with Gasteiger partial charge in [-0.2, -0.15) is 0 Å². The molecule has 0 amide bonds. The van der Waals surface area contributed by atoms with Gasteiger partial charge in [-0.1, -0.05) is 90.8 Å². The first kappa shape index (κ1) is 36.7. The maximum absolute atomic E-state index is 11.8. The molecule has 3 aromatic rings. The van der Waals surface area contributed by atoms with Gasteiger partial charge in [0.15, 0.2) is 8.32 Å². The smallest absolute Gasteiger partial charge is 0.310 e. The van der Waals surface area contributed by atoms with Crippen molar-refractivity contribution < 1.29 is 14.0 Å². The average molecular weight is 630 g/mol. The van der Waals surface area contributed by atoms with Gasteiger partial charge in [-0.15, -0.1) is 0 Å². The second-order valence-electron chi connectivity index (χ2n) is 14.7. The van der Waals surface area contributed by atoms with Crippen molar-refractivity contribution in [2.45, 2.75) is 131 Å². The SMILES string of the molecule is CCCC[Si](C)(C)OC(CCc1ccc(C(CC)(CC)c2ccc(-c3cncc(CC(=O)OC)c3)c(C)c2)cc1C)C(C)(C)C. The molecule has 0 N–H and O–H groups in total. The summed E-state index contributed by atoms with van der Waals surface area (Å²) in [7, 11) is -0.276. The maximum atomic E-state index is 11.8. The average Bonchev–Trinajstić information content (AvgIpc) is 2.99. The molecule has 4 nitrogen and oxygen atoms in total. The number of unbranched alkanes of at least 4 members (excludes halogenated alkanes) is 1. The number of carbonyl (C=O) groups excluding carboxylic acids is 1. The number of aromatic nitrogens is 1. The molecule has 0 aliphatic heterocycles. The molecule has 5 heteroatoms. The molecule has 246 valence electrons. The molecular weight excluding hydrogens is 571 g/mol. The lowest BCUT2D eigenvalue weighted by atomic mass is 9.69. The predicted molar refractivity (Wildman–Crippen MR) is 193 cm³/mol. The Hall–Kier alpha value is -2.76. The predicted octanol–water partition coefficient (Wildman–Crippen LogP) is 10.6. The van der Waals surface area contributed by atoms with Gasteiger partial charge in [0, 0.05) is 23.4 Å². The van der Waals surface area contributed by atoms with E-state index in [1.165, 1.54) is 53.8 Å². The van der Waals surface area contributed by atoms with Gasteiger partial charge in [-0.25, -0.2) is 0 Å². The van der Waals surface area contributed by atoms with Crippen LogP contribution >= 0.6 is 0 Å². The Morgan fingerprint density at radius 2 is 1.56 bits per heavy atom. The van der Waals surface area contributed by atoms with E-state index >= 15 is 0 Å². The Balaban J connectivity index is 1.87. The topological polar surface area (TPSA) is 48.4 Å². The van der Waals surface area contributed by atoms with Crippen LogP contribution in [0.15, 0.2) is 54.9 Å². The van der Waals surface area contributed by atoms with Crippen LogP contribution < -0.4 is 0 Å². The molecule has 0 aliphatic rings. The molecule has 45 heavy (non-hydrogen) atoms. The number of benzene rings is 2. The minimum Gasteiger partial charge on any atom is -0.469 e. The van der Waals surface area contributed by atoms with Gasteiger partial charge in [0.2, 0.25) is 0 Å². The zero-order valence-corrected chi connectivity index (χ0v) is 31.1. The van der Waals surface area contributed by atoms with E-state index in [4.69, 9.17) is 9.16 Å². The molecule has 0 spiro atoms. The minimum atomic E-state index is -1.69. The van der Waals surface area contributed by atoms with Crippen molar-refractivity contribution in [1.29, 1.82) is 0 Å². The van der Waals surface area contributed by atoms with E-state index in [9.17, 15) is 4.79 Å². The summed E-state index contributed by atoms with van der Waals surface area (Å²) in [5.41, 5.74) is 9.82. The molecule has 0 radical (unpaired) electrons. The van der Waals surface area contributed by atoms with E-state index in [-0.39, 0.29) is 29.3 Å². The lowest BCUT2D eigenvalue weighted by molar-refractivity contribution is -0.139. The van der Waals surface area contributed by atoms with Gasteiger partial charge in [-0.05, 0) is 109 Å². The number of carbonyl (C=O) groups is 1. The lowest BCUT2D eigenvalue weighted by Gasteiger charge is -2.38. The van der Waals surface area contributed by atoms with E-state index in [1.807, 2.05) is 12.3 Å². The standard InChI is InChI=1S/C40H59NO3Si/c1-12-15-22-45(10,11)44-37(39(6,7)8)21-17-32-16-18-34(23-29(32)4)40(13-2,14-3)35-19-20-36(30(5)24-35)33-25-31(27-41-28-33)26-38(42)43-9/h16,18-20,23-25,27-28,37H,12-15,17,21-22,26H2,1-11H3. The fraction of sp³-hybridized carbons (Fsp3) is 0.550. The summed E-state index contributed by atoms with van der Waals surface area (Å²) in [6.45, 7) is 23.1. The van der Waals surface area contributed by atoms with Crippen molar-refractivity contribution in [3.63, 3.8) is 0 Å². The van der Waals surface area contributed by atoms with Gasteiger partial charge in [0.25, 0.3) is 0 Å². The Morgan fingerprint density at radius 1 is 0.911 bits per heavy atom. The quantitative estimate of drug-likeness (QED) is 0.124. The van der Waals surface area contributed by atoms with Crippen molar-refractivity contribution >= 4 is 14.3 Å². The van der Waals surface area contributed by atoms with Crippen LogP contribution in [0.1, 0.15) is 107 Å². The fourth-order valence-electron chi connectivity index (χ4n) is 6.76. The molecule has 0 bridgehead atoms. The molecule has 1 aromatic heterocycles. The van der Waals surface area contributed by atoms with Crippen molar-refractivity contribution in [2.75, 3.05) is 7.11 Å². The number of methoxy groups -OCH3 is 1. The largest absolute Gasteiger partial charge is 0.469 e. The second kappa shape index (κ2) is 15.7. The summed E-state index contributed by atoms with van der Waals surface area (Å²) in [5.74, 6) is -0.256. The summed E-state index contributed by atoms with van der Waals surface area (Å²) in [5, 5.41) is 0. The maximum Gasteiger partial charge on any atom is 0.310 e. The van der Waals surface area contributed by atoms with E-state index in [0.717, 1.165) is 42.4 Å². The van der Waals surface area contributed by atoms with E-state index in [0.29, 0.717) is 0 Å². The first-order chi connectivity index (χ1) is 21.2. The fourth-order valence-corrected chi connectivity index (χ4v) is 9.33. The number of aryl methyl sites for hydroxylation is 3. The van der Waals surface area contributed by atoms with Gasteiger partial charge < -0.3 is 9.16 Å². The first-order valence-electron chi connectivity index (χ1n) is 17.1. The highest BCUT2D eigenvalue weighted by Gasteiger charge is 2.34. The van der Waals surface area contributed by atoms with Crippen molar-refractivity contribution in [3.05, 3.63) is 88.2 Å². The first-order valence-corrected chi connectivity index (χ1v) is 20.2. The van der Waals surface area contributed by atoms with Crippen LogP contribution in [-0.4, -0.2) is 32.5 Å². The van der Waals surface area contributed by atoms with Crippen LogP contribution in [0.3, 0.4) is 0 Å². The van der Waals surface area contributed by atoms with E-state index in [1.54, 1.807) is 6.20 Å². The monoisotopic (exact) mass is 629 g/mol. The zero-order chi connectivity index (χ0) is 33.4. The molecule has 3 rings (SSSR count). The van der Waals surface area contributed by atoms with Crippen LogP contribution in [0.25, 0.3) is 11.1 Å². The molecule has 1 heterocycles. The third kappa shape index (κ3) is 9.39. The number of hydrogen-bond acceptors (Lipinski definition) is 4. The van der Waals surface area contributed by atoms with Gasteiger partial charge in [0.05, 0.1) is 19.6 Å². The minimum absolute atomic E-state index is 0.0660. The lowest BCUT2D eigenvalue weighted by Crippen LogP contribution is -2.41. The van der Waals surface area contributed by atoms with E-state index < -0.39 is 8.32 Å². The van der Waals surface area contributed by atoms with Crippen molar-refractivity contribution in [3.8, 4) is 11.1 Å². The van der Waals surface area contributed by atoms with Crippen LogP contribution in [0.2, 0.25) is 19.1 Å². The molecule has 0 fully saturated rings. The zero-order valence-electron chi connectivity index (χ0n) is 30.1. The van der Waals surface area contributed by atoms with Crippen LogP contribution in [0, 0.1) is 19.3 Å². The Kier molecular flexibility index (Phi) is 12.8. The third-order valence-corrected chi connectivity index (χ3v) is 12.3. The normalized spacial score (nSPS) is 13.1. The summed E-state index contributed by atoms with van der Waals surface area (Å²) in [4.78, 5) is 16.2. The highest BCUT2D eigenvalue weighted by Crippen LogP contribution is 2.41. The summed E-state index contributed by atoms with van der Waals surface area (Å²) < 4.78 is 11.8. The molecular formula is C40H59NO3Si. The van der Waals surface area contributed by atoms with Gasteiger partial charge in [0.1, 0.15) is 0 Å². The Bertz CT molecular complexity index is 1420. The third-order valence-electron chi connectivity index (χ3n) is 9.80. The van der Waals surface area contributed by atoms with Crippen LogP contribution in [0.4, 0.5) is 0 Å². The Labute approximate surface area is 275 Å². The number of rotatable bonds is 15. The molecule has 0 saturated heterocycles. The highest BCUT2D eigenvalue weighted by atomic mass is 28.4. The van der Waals surface area contributed by atoms with Crippen molar-refractivity contribution in [1.82, 2.24) is 4.98 Å². The van der Waals surface area contributed by atoms with Crippen LogP contribution in [-0.2, 0) is 32.2 Å². The highest BCUT2D eigenvalue weighted by molar-refractivity contribution is 6.71. The molecule has 0 aliphatic carbocycles. The summed E-state index contributed by atoms with van der Waals surface area (Å²) in [6.07, 6.45) is 10.7. The second-order valence-corrected chi connectivity index (χ2v) is 18.9. The van der Waals surface area contributed by atoms with Crippen LogP contribution in [0.5, 0.6) is 0 Å². The van der Waals surface area contributed by atoms with Gasteiger partial charge in [-0.3, -0.25) is 9.78 Å². The number of ether oxygens (including phenoxy) is 1. The molecule has 1 atom stereocenters. The molecule has 1 unspecified atom stereocenters. The summed E-state index contributed by atoms with van der Waals surface area (Å²) >= 11 is 0. The van der Waals surface area contributed by atoms with E-state index in [2.05, 4.69) is 110 Å². The van der Waals surface area contributed by atoms with Gasteiger partial charge >= 0.3 is 5.97 Å².